The van der Waals surface area contributed by atoms with Crippen LogP contribution in [-0.2, 0) is 6.42 Å². The minimum Gasteiger partial charge on any atom is -0.115 e. The summed E-state index contributed by atoms with van der Waals surface area (Å²) in [6.07, 6.45) is 0.974. The van der Waals surface area contributed by atoms with Crippen molar-refractivity contribution in [3.63, 3.8) is 0 Å². The predicted molar refractivity (Wildman–Crippen MR) is 78.7 cm³/mol. The third kappa shape index (κ3) is 2.94. The molecule has 1 heterocycles. The second kappa shape index (κ2) is 5.96. The summed E-state index contributed by atoms with van der Waals surface area (Å²) in [5, 5.41) is 0. The van der Waals surface area contributed by atoms with Crippen molar-refractivity contribution < 1.29 is 0 Å². The van der Waals surface area contributed by atoms with Crippen molar-refractivity contribution in [3.8, 4) is 0 Å². The molecular weight excluding hydrogens is 272 g/mol. The quantitative estimate of drug-likeness (QED) is 0.428. The molecule has 1 aromatic heterocycles. The summed E-state index contributed by atoms with van der Waals surface area (Å²) in [6.45, 7) is 2.18. The van der Waals surface area contributed by atoms with Gasteiger partial charge < -0.3 is 0 Å². The van der Waals surface area contributed by atoms with Gasteiger partial charge in [0.25, 0.3) is 0 Å². The molecule has 0 bridgehead atoms. The molecule has 0 unspecified atom stereocenters. The Labute approximate surface area is 113 Å². The van der Waals surface area contributed by atoms with Gasteiger partial charge in [0.2, 0.25) is 0 Å². The molecule has 0 aliphatic rings. The van der Waals surface area contributed by atoms with Crippen molar-refractivity contribution in [2.45, 2.75) is 17.6 Å². The van der Waals surface area contributed by atoms with Gasteiger partial charge in [-0.15, -0.1) is 11.8 Å². The summed E-state index contributed by atoms with van der Waals surface area (Å²) >= 11 is 7.31. The zero-order valence-electron chi connectivity index (χ0n) is 8.93. The summed E-state index contributed by atoms with van der Waals surface area (Å²) in [4.78, 5) is 0. The normalized spacial score (nSPS) is 10.6. The molecule has 0 saturated heterocycles. The van der Waals surface area contributed by atoms with Gasteiger partial charge >= 0.3 is 0 Å². The summed E-state index contributed by atoms with van der Waals surface area (Å²) in [5.74, 6) is 1.11. The first-order valence-electron chi connectivity index (χ1n) is 5.10. The van der Waals surface area contributed by atoms with Gasteiger partial charge in [0.05, 0.1) is 4.21 Å². The zero-order chi connectivity index (χ0) is 11.4. The fraction of sp³-hybridized carbons (Fsp3) is 0.250. The number of thioether (sulfide) groups is 1. The van der Waals surface area contributed by atoms with E-state index in [1.807, 2.05) is 22.1 Å². The second-order valence-corrected chi connectivity index (χ2v) is 7.66. The maximum absolute atomic E-state index is 5.40. The fourth-order valence-corrected chi connectivity index (χ4v) is 5.84. The average molecular weight is 284 g/mol. The van der Waals surface area contributed by atoms with Crippen molar-refractivity contribution in [2.24, 2.45) is 0 Å². The SMILES string of the molecule is CCSc1ssc(=S)c1Cc1ccccc1. The molecule has 0 spiro atoms. The van der Waals surface area contributed by atoms with E-state index in [-0.39, 0.29) is 0 Å². The highest BCUT2D eigenvalue weighted by Gasteiger charge is 2.08. The first-order valence-corrected chi connectivity index (χ1v) is 8.64. The Bertz CT molecular complexity index is 495. The Morgan fingerprint density at radius 1 is 1.19 bits per heavy atom. The van der Waals surface area contributed by atoms with Gasteiger partial charge in [-0.3, -0.25) is 0 Å². The van der Waals surface area contributed by atoms with E-state index in [1.165, 1.54) is 15.3 Å². The molecule has 4 heteroatoms. The molecule has 0 saturated carbocycles. The molecule has 2 aromatic rings. The van der Waals surface area contributed by atoms with Crippen LogP contribution in [0.5, 0.6) is 0 Å². The minimum absolute atomic E-state index is 0.974. The van der Waals surface area contributed by atoms with Gasteiger partial charge in [0, 0.05) is 12.0 Å². The van der Waals surface area contributed by atoms with Crippen molar-refractivity contribution in [3.05, 3.63) is 45.3 Å². The maximum atomic E-state index is 5.40. The van der Waals surface area contributed by atoms with Gasteiger partial charge in [0.1, 0.15) is 3.82 Å². The largest absolute Gasteiger partial charge is 0.115 e. The van der Waals surface area contributed by atoms with Gasteiger partial charge in [0.15, 0.2) is 0 Å². The van der Waals surface area contributed by atoms with Gasteiger partial charge in [-0.25, -0.2) is 0 Å². The van der Waals surface area contributed by atoms with E-state index in [0.717, 1.165) is 16.0 Å². The monoisotopic (exact) mass is 284 g/mol. The van der Waals surface area contributed by atoms with E-state index >= 15 is 0 Å². The standard InChI is InChI=1S/C12H12S4/c1-2-14-12-10(11(13)15-16-12)8-9-6-4-3-5-7-9/h3-7H,2,8H2,1H3. The Morgan fingerprint density at radius 2 is 1.94 bits per heavy atom. The lowest BCUT2D eigenvalue weighted by atomic mass is 10.1. The van der Waals surface area contributed by atoms with Gasteiger partial charge in [-0.1, -0.05) is 70.2 Å². The third-order valence-electron chi connectivity index (χ3n) is 2.18. The van der Waals surface area contributed by atoms with Crippen LogP contribution in [-0.4, -0.2) is 5.75 Å². The van der Waals surface area contributed by atoms with Crippen LogP contribution in [0.15, 0.2) is 34.5 Å². The summed E-state index contributed by atoms with van der Waals surface area (Å²) in [5.41, 5.74) is 2.69. The van der Waals surface area contributed by atoms with Crippen molar-refractivity contribution in [1.29, 1.82) is 0 Å². The van der Waals surface area contributed by atoms with Crippen LogP contribution in [0.25, 0.3) is 0 Å². The lowest BCUT2D eigenvalue weighted by Crippen LogP contribution is -1.87. The highest BCUT2D eigenvalue weighted by Crippen LogP contribution is 2.35. The molecule has 1 aromatic carbocycles. The number of rotatable bonds is 4. The third-order valence-corrected chi connectivity index (χ3v) is 6.84. The minimum atomic E-state index is 0.974. The summed E-state index contributed by atoms with van der Waals surface area (Å²) in [7, 11) is 3.55. The van der Waals surface area contributed by atoms with Crippen LogP contribution >= 0.6 is 44.7 Å². The zero-order valence-corrected chi connectivity index (χ0v) is 12.2. The Hall–Kier alpha value is -0.160. The Kier molecular flexibility index (Phi) is 4.58. The number of benzene rings is 1. The lowest BCUT2D eigenvalue weighted by molar-refractivity contribution is 1.17. The first-order chi connectivity index (χ1) is 7.81. The van der Waals surface area contributed by atoms with E-state index in [4.69, 9.17) is 12.2 Å². The molecule has 0 radical (unpaired) electrons. The van der Waals surface area contributed by atoms with E-state index in [0.29, 0.717) is 0 Å². The smallest absolute Gasteiger partial charge is 0.106 e. The summed E-state index contributed by atoms with van der Waals surface area (Å²) in [6, 6.07) is 10.5. The van der Waals surface area contributed by atoms with Gasteiger partial charge in [-0.2, -0.15) is 0 Å². The summed E-state index contributed by atoms with van der Waals surface area (Å²) < 4.78 is 2.46. The molecule has 84 valence electrons. The molecule has 0 amide bonds. The molecule has 0 aliphatic heterocycles. The fourth-order valence-electron chi connectivity index (χ4n) is 1.45. The van der Waals surface area contributed by atoms with E-state index < -0.39 is 0 Å². The molecule has 0 fully saturated rings. The van der Waals surface area contributed by atoms with Crippen LogP contribution < -0.4 is 0 Å². The number of hydrogen-bond acceptors (Lipinski definition) is 4. The molecule has 16 heavy (non-hydrogen) atoms. The van der Waals surface area contributed by atoms with Gasteiger partial charge in [-0.05, 0) is 11.3 Å². The first kappa shape index (κ1) is 12.3. The van der Waals surface area contributed by atoms with E-state index in [9.17, 15) is 0 Å². The van der Waals surface area contributed by atoms with Crippen LogP contribution in [0.1, 0.15) is 18.1 Å². The van der Waals surface area contributed by atoms with Crippen LogP contribution in [0.2, 0.25) is 0 Å². The van der Waals surface area contributed by atoms with E-state index in [2.05, 4.69) is 37.3 Å². The molecular formula is C12H12S4. The molecule has 0 aliphatic carbocycles. The second-order valence-electron chi connectivity index (χ2n) is 3.32. The molecule has 2 rings (SSSR count). The molecule has 0 atom stereocenters. The molecule has 0 N–H and O–H groups in total. The van der Waals surface area contributed by atoms with Crippen LogP contribution in [0.4, 0.5) is 0 Å². The van der Waals surface area contributed by atoms with E-state index in [1.54, 1.807) is 10.3 Å². The Morgan fingerprint density at radius 3 is 2.62 bits per heavy atom. The van der Waals surface area contributed by atoms with Crippen LogP contribution in [0, 0.1) is 3.82 Å². The maximum Gasteiger partial charge on any atom is 0.106 e. The lowest BCUT2D eigenvalue weighted by Gasteiger charge is -2.01. The van der Waals surface area contributed by atoms with Crippen LogP contribution in [0.3, 0.4) is 0 Å². The topological polar surface area (TPSA) is 0 Å². The predicted octanol–water partition coefficient (Wildman–Crippen LogP) is 5.24. The van der Waals surface area contributed by atoms with Crippen molar-refractivity contribution in [2.75, 3.05) is 5.75 Å². The van der Waals surface area contributed by atoms with Crippen molar-refractivity contribution >= 4 is 44.7 Å². The average Bonchev–Trinajstić information content (AvgIpc) is 2.64. The highest BCUT2D eigenvalue weighted by atomic mass is 32.9. The molecule has 0 nitrogen and oxygen atoms in total. The Balaban J connectivity index is 2.27. The van der Waals surface area contributed by atoms with Crippen molar-refractivity contribution in [1.82, 2.24) is 0 Å². The highest BCUT2D eigenvalue weighted by molar-refractivity contribution is 8.03. The number of hydrogen-bond donors (Lipinski definition) is 0.